The zero-order valence-corrected chi connectivity index (χ0v) is 36.5. The number of H-pyrrole nitrogens is 1. The van der Waals surface area contributed by atoms with Gasteiger partial charge in [0.2, 0.25) is 47.3 Å². The van der Waals surface area contributed by atoms with E-state index in [9.17, 15) is 63.5 Å². The van der Waals surface area contributed by atoms with E-state index in [2.05, 4.69) is 36.9 Å². The summed E-state index contributed by atoms with van der Waals surface area (Å²) in [4.78, 5) is 134. The van der Waals surface area contributed by atoms with E-state index in [-0.39, 0.29) is 34.8 Å². The number of aromatic amines is 1. The van der Waals surface area contributed by atoms with Crippen LogP contribution >= 0.6 is 11.8 Å². The number of nitrogens with two attached hydrogens (primary N) is 2. The Hall–Kier alpha value is -6.34. The molecule has 0 radical (unpaired) electrons. The van der Waals surface area contributed by atoms with Gasteiger partial charge in [0.15, 0.2) is 0 Å². The highest BCUT2D eigenvalue weighted by Crippen LogP contribution is 2.33. The maximum absolute atomic E-state index is 14.2. The normalized spacial score (nSPS) is 23.3. The number of aliphatic carboxylic acids is 1. The van der Waals surface area contributed by atoms with Crippen molar-refractivity contribution >= 4 is 81.6 Å². The summed E-state index contributed by atoms with van der Waals surface area (Å²) in [6.07, 6.45) is -1.74. The van der Waals surface area contributed by atoms with Gasteiger partial charge in [-0.3, -0.25) is 48.5 Å². The Morgan fingerprint density at radius 1 is 0.984 bits per heavy atom. The van der Waals surface area contributed by atoms with Gasteiger partial charge in [0, 0.05) is 36.2 Å². The number of non-ortho nitro benzene ring substituents is 1. The number of thioether (sulfide) groups is 1. The van der Waals surface area contributed by atoms with E-state index in [1.165, 1.54) is 18.2 Å². The number of carbonyl (C=O) groups is 9. The first-order chi connectivity index (χ1) is 30.1. The summed E-state index contributed by atoms with van der Waals surface area (Å²) in [5, 5.41) is 47.3. The number of aliphatic hydroxyl groups excluding tert-OH is 1. The monoisotopic (exact) mass is 917 g/mol. The highest BCUT2D eigenvalue weighted by molar-refractivity contribution is 7.99. The zero-order valence-electron chi connectivity index (χ0n) is 35.6. The van der Waals surface area contributed by atoms with Crippen molar-refractivity contribution in [3.05, 3.63) is 33.9 Å². The van der Waals surface area contributed by atoms with Crippen LogP contribution in [0.4, 0.5) is 5.69 Å². The molecule has 2 aromatic rings. The first kappa shape index (κ1) is 50.3. The number of hydrogen-bond acceptors (Lipinski definition) is 14. The third-order valence-corrected chi connectivity index (χ3v) is 12.3. The molecule has 9 atom stereocenters. The topological polar surface area (TPSA) is 380 Å². The lowest BCUT2D eigenvalue weighted by molar-refractivity contribution is -0.384. The van der Waals surface area contributed by atoms with Crippen LogP contribution in [0.15, 0.2) is 23.2 Å². The third-order valence-electron chi connectivity index (χ3n) is 11.2. The molecule has 2 aliphatic rings. The van der Waals surface area contributed by atoms with Gasteiger partial charge >= 0.3 is 5.97 Å². The van der Waals surface area contributed by atoms with Gasteiger partial charge in [0.1, 0.15) is 30.2 Å². The fourth-order valence-electron chi connectivity index (χ4n) is 7.18. The number of primary amides is 1. The number of β-amino-alcohol motifs (C(OH)–C–C–N with tert-alkyl or cyclic N) is 1. The Kier molecular flexibility index (Phi) is 17.6. The van der Waals surface area contributed by atoms with E-state index in [1.807, 2.05) is 0 Å². The second-order valence-electron chi connectivity index (χ2n) is 15.9. The lowest BCUT2D eigenvalue weighted by atomic mass is 9.98. The van der Waals surface area contributed by atoms with Crippen LogP contribution in [0.1, 0.15) is 58.9 Å². The number of fused-ring (bicyclic) bond motifs is 3. The van der Waals surface area contributed by atoms with Crippen molar-refractivity contribution in [2.24, 2.45) is 23.3 Å². The molecule has 0 aliphatic carbocycles. The standard InChI is InChI=1S/C39H55N11O13S/c1-5-17(3)31-36(58)43-13-29(53)44-26(16-64-37-22(11-23(40)33(55)42-14-30(54)47-31)21-8-7-19(50(62)63)9-24(21)46-37)34(56)45-25(12-28(41)52)38(59)49-15-20(51)10-27(49)35(57)48-32(39(60)61)18(4)6-2/h7-9,17-18,20,23,25-27,31-32,46,51H,5-6,10-16,40H2,1-4H3,(H2,41,52)(H,42,55)(H,43,58)(H,44,53)(H,45,56)(H,47,54)(H,48,57)(H,60,61)/t17-,18-,20+,23-,25-,26-,27-,31-,32-/m0/s1. The first-order valence-electron chi connectivity index (χ1n) is 20.6. The number of carboxylic acid groups (broad SMARTS) is 1. The molecule has 3 heterocycles. The Morgan fingerprint density at radius 3 is 2.25 bits per heavy atom. The van der Waals surface area contributed by atoms with Crippen LogP contribution in [-0.2, 0) is 49.6 Å². The molecular formula is C39H55N11O13S. The minimum Gasteiger partial charge on any atom is -0.480 e. The van der Waals surface area contributed by atoms with Crippen LogP contribution in [0.25, 0.3) is 10.9 Å². The van der Waals surface area contributed by atoms with Crippen LogP contribution in [0.3, 0.4) is 0 Å². The van der Waals surface area contributed by atoms with E-state index in [0.717, 1.165) is 16.7 Å². The summed E-state index contributed by atoms with van der Waals surface area (Å²) in [7, 11) is 0. The predicted octanol–water partition coefficient (Wildman–Crippen LogP) is -2.76. The molecule has 64 heavy (non-hydrogen) atoms. The summed E-state index contributed by atoms with van der Waals surface area (Å²) in [6, 6.07) is -4.62. The van der Waals surface area contributed by atoms with E-state index in [4.69, 9.17) is 11.5 Å². The molecule has 2 aliphatic heterocycles. The fraction of sp³-hybridized carbons (Fsp3) is 0.564. The maximum Gasteiger partial charge on any atom is 0.326 e. The van der Waals surface area contributed by atoms with Crippen molar-refractivity contribution in [1.82, 2.24) is 41.8 Å². The minimum atomic E-state index is -1.77. The lowest BCUT2D eigenvalue weighted by Crippen LogP contribution is -2.59. The molecule has 0 bridgehead atoms. The number of rotatable bonds is 13. The van der Waals surface area contributed by atoms with Crippen LogP contribution in [0.5, 0.6) is 0 Å². The smallest absolute Gasteiger partial charge is 0.326 e. The third kappa shape index (κ3) is 12.9. The zero-order chi connectivity index (χ0) is 47.6. The van der Waals surface area contributed by atoms with Crippen molar-refractivity contribution in [2.75, 3.05) is 25.4 Å². The van der Waals surface area contributed by atoms with Crippen LogP contribution in [-0.4, -0.2) is 146 Å². The Labute approximate surface area is 370 Å². The molecular weight excluding hydrogens is 863 g/mol. The molecule has 0 saturated carbocycles. The Morgan fingerprint density at radius 2 is 1.64 bits per heavy atom. The maximum atomic E-state index is 14.2. The molecule has 1 saturated heterocycles. The van der Waals surface area contributed by atoms with Gasteiger partial charge in [0.05, 0.1) is 47.1 Å². The summed E-state index contributed by atoms with van der Waals surface area (Å²) in [5.74, 6) is -9.82. The van der Waals surface area contributed by atoms with Crippen LogP contribution in [0.2, 0.25) is 0 Å². The van der Waals surface area contributed by atoms with E-state index < -0.39 is 138 Å². The Balaban J connectivity index is 1.71. The summed E-state index contributed by atoms with van der Waals surface area (Å²) in [6.45, 7) is 5.09. The number of nitro groups is 1. The average molecular weight is 918 g/mol. The minimum absolute atomic E-state index is 0.190. The number of carbonyl (C=O) groups excluding carboxylic acids is 8. The number of benzene rings is 1. The highest BCUT2D eigenvalue weighted by atomic mass is 32.2. The second-order valence-corrected chi connectivity index (χ2v) is 16.9. The molecule has 350 valence electrons. The molecule has 0 unspecified atom stereocenters. The van der Waals surface area contributed by atoms with Gasteiger partial charge in [-0.25, -0.2) is 4.79 Å². The SMILES string of the molecule is CC[C@H](C)[C@H](NC(=O)[C@@H]1C[C@@H](O)CN1C(=O)[C@H](CC(N)=O)NC(=O)[C@@H]1CSc2[nH]c3cc([N+](=O)[O-])ccc3c2C[C@H](N)C(=O)NCC(=O)N[C@@H]([C@@H](C)CC)C(=O)NCC(=O)N1)C(=O)O. The number of nitrogens with zero attached hydrogens (tertiary/aromatic N) is 2. The van der Waals surface area contributed by atoms with Gasteiger partial charge < -0.3 is 63.5 Å². The van der Waals surface area contributed by atoms with Gasteiger partial charge in [-0.05, 0) is 29.9 Å². The van der Waals surface area contributed by atoms with Gasteiger partial charge in [-0.1, -0.05) is 40.5 Å². The molecule has 1 fully saturated rings. The number of hydrogen-bond donors (Lipinski definition) is 11. The number of carboxylic acids is 1. The van der Waals surface area contributed by atoms with Crippen molar-refractivity contribution in [2.45, 2.75) is 107 Å². The van der Waals surface area contributed by atoms with Gasteiger partial charge in [-0.2, -0.15) is 0 Å². The molecule has 24 nitrogen and oxygen atoms in total. The van der Waals surface area contributed by atoms with Crippen LogP contribution in [0, 0.1) is 22.0 Å². The summed E-state index contributed by atoms with van der Waals surface area (Å²) >= 11 is 0.911. The number of aliphatic hydroxyl groups is 1. The number of amides is 8. The van der Waals surface area contributed by atoms with E-state index in [0.29, 0.717) is 23.8 Å². The summed E-state index contributed by atoms with van der Waals surface area (Å²) < 4.78 is 0. The van der Waals surface area contributed by atoms with Crippen LogP contribution < -0.4 is 43.4 Å². The van der Waals surface area contributed by atoms with E-state index in [1.54, 1.807) is 27.7 Å². The molecule has 0 spiro atoms. The number of likely N-dealkylation sites (tertiary alicyclic amines) is 1. The molecule has 13 N–H and O–H groups in total. The number of nitro benzene ring substituents is 1. The largest absolute Gasteiger partial charge is 0.480 e. The van der Waals surface area contributed by atoms with Crippen molar-refractivity contribution in [1.29, 1.82) is 0 Å². The molecule has 8 amide bonds. The summed E-state index contributed by atoms with van der Waals surface area (Å²) in [5.41, 5.74) is 12.2. The first-order valence-corrected chi connectivity index (χ1v) is 21.6. The molecule has 4 rings (SSSR count). The number of nitrogens with one attached hydrogen (secondary N) is 7. The lowest BCUT2D eigenvalue weighted by Gasteiger charge is -2.30. The van der Waals surface area contributed by atoms with Crippen molar-refractivity contribution < 1.29 is 58.3 Å². The quantitative estimate of drug-likeness (QED) is 0.0716. The predicted molar refractivity (Wildman–Crippen MR) is 228 cm³/mol. The fourth-order valence-corrected chi connectivity index (χ4v) is 8.30. The van der Waals surface area contributed by atoms with Crippen molar-refractivity contribution in [3.8, 4) is 0 Å². The molecule has 1 aromatic carbocycles. The Bertz CT molecular complexity index is 2150. The molecule has 25 heteroatoms. The molecule has 1 aromatic heterocycles. The van der Waals surface area contributed by atoms with Gasteiger partial charge in [0.25, 0.3) is 5.69 Å². The second kappa shape index (κ2) is 22.3. The van der Waals surface area contributed by atoms with Crippen molar-refractivity contribution in [3.63, 3.8) is 0 Å². The average Bonchev–Trinajstić information content (AvgIpc) is 3.81. The number of aromatic nitrogens is 1. The van der Waals surface area contributed by atoms with Gasteiger partial charge in [-0.15, -0.1) is 11.8 Å². The van der Waals surface area contributed by atoms with E-state index >= 15 is 0 Å². The highest BCUT2D eigenvalue weighted by Gasteiger charge is 2.43.